The van der Waals surface area contributed by atoms with E-state index in [0.29, 0.717) is 16.8 Å². The Bertz CT molecular complexity index is 865. The molecule has 0 radical (unpaired) electrons. The van der Waals surface area contributed by atoms with Crippen LogP contribution in [0, 0.1) is 12.3 Å². The maximum atomic E-state index is 12.2. The van der Waals surface area contributed by atoms with Gasteiger partial charge in [-0.25, -0.2) is 0 Å². The summed E-state index contributed by atoms with van der Waals surface area (Å²) in [4.78, 5) is 20.6. The summed E-state index contributed by atoms with van der Waals surface area (Å²) in [6.07, 6.45) is 8.56. The van der Waals surface area contributed by atoms with Crippen LogP contribution in [0.25, 0.3) is 11.0 Å². The van der Waals surface area contributed by atoms with Crippen LogP contribution in [-0.2, 0) is 0 Å². The molecule has 0 aliphatic rings. The molecule has 0 saturated heterocycles. The normalized spacial score (nSPS) is 10.0. The third-order valence-corrected chi connectivity index (χ3v) is 3.02. The number of rotatable bonds is 2. The summed E-state index contributed by atoms with van der Waals surface area (Å²) < 4.78 is 0. The van der Waals surface area contributed by atoms with Crippen LogP contribution in [0.1, 0.15) is 15.9 Å². The van der Waals surface area contributed by atoms with Gasteiger partial charge in [0, 0.05) is 29.2 Å². The topological polar surface area (TPSA) is 54.9 Å². The number of benzene rings is 2. The Labute approximate surface area is 121 Å². The molecule has 100 valence electrons. The zero-order valence-electron chi connectivity index (χ0n) is 11.1. The number of anilines is 1. The highest BCUT2D eigenvalue weighted by atomic mass is 16.1. The van der Waals surface area contributed by atoms with Gasteiger partial charge in [0.1, 0.15) is 0 Å². The van der Waals surface area contributed by atoms with E-state index in [0.717, 1.165) is 11.1 Å². The number of nitrogens with one attached hydrogen (secondary N) is 1. The van der Waals surface area contributed by atoms with Crippen molar-refractivity contribution in [2.24, 2.45) is 0 Å². The minimum absolute atomic E-state index is 0.211. The number of carbonyl (C=O) groups excluding carboxylic acids is 1. The van der Waals surface area contributed by atoms with E-state index in [4.69, 9.17) is 6.42 Å². The molecule has 2 aromatic carbocycles. The average Bonchev–Trinajstić information content (AvgIpc) is 2.54. The van der Waals surface area contributed by atoms with E-state index in [2.05, 4.69) is 21.2 Å². The summed E-state index contributed by atoms with van der Waals surface area (Å²) >= 11 is 0. The summed E-state index contributed by atoms with van der Waals surface area (Å²) in [5.41, 5.74) is 3.34. The minimum Gasteiger partial charge on any atom is -0.322 e. The predicted molar refractivity (Wildman–Crippen MR) is 81.9 cm³/mol. The fraction of sp³-hybridized carbons (Fsp3) is 0. The van der Waals surface area contributed by atoms with Crippen molar-refractivity contribution in [3.63, 3.8) is 0 Å². The van der Waals surface area contributed by atoms with Gasteiger partial charge in [-0.2, -0.15) is 0 Å². The third-order valence-electron chi connectivity index (χ3n) is 3.02. The Kier molecular flexibility index (Phi) is 3.32. The van der Waals surface area contributed by atoms with Crippen molar-refractivity contribution in [3.8, 4) is 12.3 Å². The second kappa shape index (κ2) is 5.43. The molecule has 4 nitrogen and oxygen atoms in total. The molecule has 0 aliphatic heterocycles. The van der Waals surface area contributed by atoms with Crippen LogP contribution in [0.5, 0.6) is 0 Å². The highest BCUT2D eigenvalue weighted by Crippen LogP contribution is 2.14. The summed E-state index contributed by atoms with van der Waals surface area (Å²) in [6.45, 7) is 0. The van der Waals surface area contributed by atoms with Gasteiger partial charge >= 0.3 is 0 Å². The van der Waals surface area contributed by atoms with Crippen LogP contribution < -0.4 is 5.32 Å². The smallest absolute Gasteiger partial charge is 0.255 e. The molecule has 0 unspecified atom stereocenters. The summed E-state index contributed by atoms with van der Waals surface area (Å²) in [5.74, 6) is 2.32. The van der Waals surface area contributed by atoms with E-state index in [1.165, 1.54) is 0 Å². The number of hydrogen-bond acceptors (Lipinski definition) is 3. The predicted octanol–water partition coefficient (Wildman–Crippen LogP) is 2.86. The molecule has 1 N–H and O–H groups in total. The Balaban J connectivity index is 1.88. The van der Waals surface area contributed by atoms with E-state index < -0.39 is 0 Å². The first-order chi connectivity index (χ1) is 10.3. The fourth-order valence-electron chi connectivity index (χ4n) is 1.99. The number of fused-ring (bicyclic) bond motifs is 1. The summed E-state index contributed by atoms with van der Waals surface area (Å²) in [7, 11) is 0. The van der Waals surface area contributed by atoms with Crippen molar-refractivity contribution in [1.82, 2.24) is 9.97 Å². The number of carbonyl (C=O) groups is 1. The largest absolute Gasteiger partial charge is 0.322 e. The zero-order chi connectivity index (χ0) is 14.7. The van der Waals surface area contributed by atoms with Crippen LogP contribution in [0.4, 0.5) is 5.69 Å². The van der Waals surface area contributed by atoms with Crippen molar-refractivity contribution >= 4 is 22.6 Å². The third kappa shape index (κ3) is 2.72. The van der Waals surface area contributed by atoms with Crippen LogP contribution in [0.2, 0.25) is 0 Å². The zero-order valence-corrected chi connectivity index (χ0v) is 11.1. The molecule has 3 aromatic rings. The van der Waals surface area contributed by atoms with Gasteiger partial charge in [-0.15, -0.1) is 6.42 Å². The summed E-state index contributed by atoms with van der Waals surface area (Å²) in [6, 6.07) is 12.4. The molecular formula is C17H11N3O. The number of terminal acetylenes is 1. The Morgan fingerprint density at radius 3 is 2.67 bits per heavy atom. The van der Waals surface area contributed by atoms with Crippen molar-refractivity contribution in [2.75, 3.05) is 5.32 Å². The highest BCUT2D eigenvalue weighted by Gasteiger charge is 2.08. The molecule has 0 saturated carbocycles. The molecule has 3 rings (SSSR count). The van der Waals surface area contributed by atoms with Crippen molar-refractivity contribution in [3.05, 3.63) is 66.0 Å². The molecule has 21 heavy (non-hydrogen) atoms. The van der Waals surface area contributed by atoms with E-state index in [9.17, 15) is 4.79 Å². The SMILES string of the molecule is C#Cc1cccc(NC(=O)c2ccc3nccnc3c2)c1. The molecule has 0 fully saturated rings. The van der Waals surface area contributed by atoms with Gasteiger partial charge in [-0.1, -0.05) is 12.0 Å². The molecule has 1 amide bonds. The molecular weight excluding hydrogens is 262 g/mol. The molecule has 0 bridgehead atoms. The Morgan fingerprint density at radius 2 is 1.86 bits per heavy atom. The van der Waals surface area contributed by atoms with E-state index in [1.54, 1.807) is 54.9 Å². The Hall–Kier alpha value is -3.19. The minimum atomic E-state index is -0.211. The van der Waals surface area contributed by atoms with Crippen LogP contribution in [-0.4, -0.2) is 15.9 Å². The molecule has 0 aliphatic carbocycles. The maximum Gasteiger partial charge on any atom is 0.255 e. The highest BCUT2D eigenvalue weighted by molar-refractivity contribution is 6.05. The van der Waals surface area contributed by atoms with Crippen LogP contribution in [0.3, 0.4) is 0 Å². The van der Waals surface area contributed by atoms with Crippen molar-refractivity contribution < 1.29 is 4.79 Å². The van der Waals surface area contributed by atoms with Crippen molar-refractivity contribution in [2.45, 2.75) is 0 Å². The second-order valence-electron chi connectivity index (χ2n) is 4.44. The van der Waals surface area contributed by atoms with Gasteiger partial charge in [-0.05, 0) is 36.4 Å². The maximum absolute atomic E-state index is 12.2. The van der Waals surface area contributed by atoms with Gasteiger partial charge in [0.25, 0.3) is 5.91 Å². The second-order valence-corrected chi connectivity index (χ2v) is 4.44. The first kappa shape index (κ1) is 12.8. The van der Waals surface area contributed by atoms with E-state index >= 15 is 0 Å². The van der Waals surface area contributed by atoms with E-state index in [-0.39, 0.29) is 5.91 Å². The van der Waals surface area contributed by atoms with Crippen LogP contribution in [0.15, 0.2) is 54.9 Å². The quantitative estimate of drug-likeness (QED) is 0.730. The number of amides is 1. The number of hydrogen-bond donors (Lipinski definition) is 1. The first-order valence-corrected chi connectivity index (χ1v) is 6.35. The van der Waals surface area contributed by atoms with Crippen molar-refractivity contribution in [1.29, 1.82) is 0 Å². The van der Waals surface area contributed by atoms with Gasteiger partial charge < -0.3 is 5.32 Å². The Morgan fingerprint density at radius 1 is 1.05 bits per heavy atom. The first-order valence-electron chi connectivity index (χ1n) is 6.35. The molecule has 1 heterocycles. The lowest BCUT2D eigenvalue weighted by molar-refractivity contribution is 0.102. The van der Waals surface area contributed by atoms with E-state index in [1.807, 2.05) is 0 Å². The lowest BCUT2D eigenvalue weighted by Crippen LogP contribution is -2.12. The monoisotopic (exact) mass is 273 g/mol. The van der Waals surface area contributed by atoms with Crippen LogP contribution >= 0.6 is 0 Å². The molecule has 0 spiro atoms. The standard InChI is InChI=1S/C17H11N3O/c1-2-12-4-3-5-14(10-12)20-17(21)13-6-7-15-16(11-13)19-9-8-18-15/h1,3-11H,(H,20,21). The fourth-order valence-corrected chi connectivity index (χ4v) is 1.99. The number of aromatic nitrogens is 2. The lowest BCUT2D eigenvalue weighted by atomic mass is 10.1. The van der Waals surface area contributed by atoms with Gasteiger partial charge in [0.05, 0.1) is 11.0 Å². The molecule has 0 atom stereocenters. The average molecular weight is 273 g/mol. The summed E-state index contributed by atoms with van der Waals surface area (Å²) in [5, 5.41) is 2.81. The number of nitrogens with zero attached hydrogens (tertiary/aromatic N) is 2. The lowest BCUT2D eigenvalue weighted by Gasteiger charge is -2.06. The van der Waals surface area contributed by atoms with Gasteiger partial charge in [0.2, 0.25) is 0 Å². The van der Waals surface area contributed by atoms with Gasteiger partial charge in [-0.3, -0.25) is 14.8 Å². The molecule has 1 aromatic heterocycles. The molecule has 4 heteroatoms. The van der Waals surface area contributed by atoms with Gasteiger partial charge in [0.15, 0.2) is 0 Å².